The number of hydrogen-bond acceptors (Lipinski definition) is 4. The lowest BCUT2D eigenvalue weighted by Gasteiger charge is -2.27. The molecule has 110 valence electrons. The third-order valence-electron chi connectivity index (χ3n) is 3.30. The highest BCUT2D eigenvalue weighted by Crippen LogP contribution is 2.12. The lowest BCUT2D eigenvalue weighted by atomic mass is 9.93. The Morgan fingerprint density at radius 3 is 2.17 bits per heavy atom. The zero-order chi connectivity index (χ0) is 14.1. The van der Waals surface area contributed by atoms with Gasteiger partial charge in [-0.05, 0) is 64.7 Å². The fourth-order valence-corrected chi connectivity index (χ4v) is 1.77. The second-order valence-electron chi connectivity index (χ2n) is 6.60. The van der Waals surface area contributed by atoms with Crippen molar-refractivity contribution in [3.8, 4) is 0 Å². The van der Waals surface area contributed by atoms with Gasteiger partial charge in [-0.2, -0.15) is 0 Å². The zero-order valence-corrected chi connectivity index (χ0v) is 12.8. The van der Waals surface area contributed by atoms with E-state index in [9.17, 15) is 0 Å². The minimum atomic E-state index is 0.203. The van der Waals surface area contributed by atoms with Crippen LogP contribution in [0.4, 0.5) is 0 Å². The van der Waals surface area contributed by atoms with Gasteiger partial charge >= 0.3 is 0 Å². The summed E-state index contributed by atoms with van der Waals surface area (Å²) in [6, 6.07) is 0. The molecule has 0 saturated carbocycles. The SMILES string of the molecule is CC(C)(CN)CNCCCC(C)(C)NCCCN. The molecule has 0 fully saturated rings. The van der Waals surface area contributed by atoms with Gasteiger partial charge in [0, 0.05) is 12.1 Å². The molecule has 0 atom stereocenters. The summed E-state index contributed by atoms with van der Waals surface area (Å²) in [4.78, 5) is 0. The van der Waals surface area contributed by atoms with Crippen LogP contribution in [0.1, 0.15) is 47.0 Å². The molecule has 4 heteroatoms. The van der Waals surface area contributed by atoms with Crippen LogP contribution in [0.15, 0.2) is 0 Å². The van der Waals surface area contributed by atoms with Gasteiger partial charge in [0.15, 0.2) is 0 Å². The summed E-state index contributed by atoms with van der Waals surface area (Å²) in [5.74, 6) is 0. The Kier molecular flexibility index (Phi) is 8.78. The van der Waals surface area contributed by atoms with Crippen molar-refractivity contribution in [2.24, 2.45) is 16.9 Å². The molecule has 0 aromatic heterocycles. The van der Waals surface area contributed by atoms with E-state index in [4.69, 9.17) is 11.5 Å². The summed E-state index contributed by atoms with van der Waals surface area (Å²) in [5, 5.41) is 7.04. The maximum Gasteiger partial charge on any atom is 0.0125 e. The number of nitrogens with one attached hydrogen (secondary N) is 2. The van der Waals surface area contributed by atoms with E-state index in [-0.39, 0.29) is 11.0 Å². The Morgan fingerprint density at radius 2 is 1.61 bits per heavy atom. The third kappa shape index (κ3) is 9.83. The summed E-state index contributed by atoms with van der Waals surface area (Å²) in [5.41, 5.74) is 11.6. The molecule has 0 aromatic carbocycles. The summed E-state index contributed by atoms with van der Waals surface area (Å²) < 4.78 is 0. The summed E-state index contributed by atoms with van der Waals surface area (Å²) in [7, 11) is 0. The quantitative estimate of drug-likeness (QED) is 0.418. The number of nitrogens with two attached hydrogens (primary N) is 2. The molecule has 0 amide bonds. The topological polar surface area (TPSA) is 76.1 Å². The van der Waals surface area contributed by atoms with Gasteiger partial charge in [0.1, 0.15) is 0 Å². The maximum atomic E-state index is 5.70. The number of hydrogen-bond donors (Lipinski definition) is 4. The van der Waals surface area contributed by atoms with Gasteiger partial charge in [-0.1, -0.05) is 13.8 Å². The third-order valence-corrected chi connectivity index (χ3v) is 3.30. The van der Waals surface area contributed by atoms with Gasteiger partial charge in [0.2, 0.25) is 0 Å². The first-order valence-corrected chi connectivity index (χ1v) is 7.19. The van der Waals surface area contributed by atoms with Crippen LogP contribution in [0.2, 0.25) is 0 Å². The summed E-state index contributed by atoms with van der Waals surface area (Å²) >= 11 is 0. The van der Waals surface area contributed by atoms with E-state index in [1.807, 2.05) is 0 Å². The number of rotatable bonds is 11. The van der Waals surface area contributed by atoms with Gasteiger partial charge in [-0.3, -0.25) is 0 Å². The smallest absolute Gasteiger partial charge is 0.0125 e. The fourth-order valence-electron chi connectivity index (χ4n) is 1.77. The van der Waals surface area contributed by atoms with E-state index >= 15 is 0 Å². The Labute approximate surface area is 113 Å². The molecule has 0 radical (unpaired) electrons. The highest BCUT2D eigenvalue weighted by molar-refractivity contribution is 4.78. The van der Waals surface area contributed by atoms with E-state index < -0.39 is 0 Å². The van der Waals surface area contributed by atoms with Gasteiger partial charge < -0.3 is 22.1 Å². The highest BCUT2D eigenvalue weighted by atomic mass is 15.0. The van der Waals surface area contributed by atoms with Gasteiger partial charge in [-0.25, -0.2) is 0 Å². The first kappa shape index (κ1) is 17.8. The van der Waals surface area contributed by atoms with Crippen molar-refractivity contribution in [2.75, 3.05) is 32.7 Å². The lowest BCUT2D eigenvalue weighted by Crippen LogP contribution is -2.41. The first-order chi connectivity index (χ1) is 8.33. The average Bonchev–Trinajstić information content (AvgIpc) is 2.28. The Balaban J connectivity index is 3.58. The molecule has 0 heterocycles. The van der Waals surface area contributed by atoms with Crippen LogP contribution in [0.25, 0.3) is 0 Å². The van der Waals surface area contributed by atoms with Crippen molar-refractivity contribution in [1.29, 1.82) is 0 Å². The zero-order valence-electron chi connectivity index (χ0n) is 12.8. The van der Waals surface area contributed by atoms with Crippen LogP contribution in [-0.2, 0) is 0 Å². The Bertz CT molecular complexity index is 202. The highest BCUT2D eigenvalue weighted by Gasteiger charge is 2.17. The molecule has 0 spiro atoms. The van der Waals surface area contributed by atoms with Crippen LogP contribution in [0.3, 0.4) is 0 Å². The largest absolute Gasteiger partial charge is 0.330 e. The summed E-state index contributed by atoms with van der Waals surface area (Å²) in [6.45, 7) is 13.5. The molecule has 0 unspecified atom stereocenters. The molecule has 0 aliphatic heterocycles. The average molecular weight is 258 g/mol. The minimum absolute atomic E-state index is 0.203. The van der Waals surface area contributed by atoms with Crippen LogP contribution in [0.5, 0.6) is 0 Å². The Hall–Kier alpha value is -0.160. The maximum absolute atomic E-state index is 5.70. The van der Waals surface area contributed by atoms with Gasteiger partial charge in [0.25, 0.3) is 0 Å². The van der Waals surface area contributed by atoms with Crippen molar-refractivity contribution in [3.63, 3.8) is 0 Å². The molecule has 0 saturated heterocycles. The normalized spacial score (nSPS) is 13.0. The molecule has 4 nitrogen and oxygen atoms in total. The lowest BCUT2D eigenvalue weighted by molar-refractivity contribution is 0.328. The second kappa shape index (κ2) is 8.86. The molecular weight excluding hydrogens is 224 g/mol. The molecule has 0 aliphatic rings. The van der Waals surface area contributed by atoms with Crippen molar-refractivity contribution < 1.29 is 0 Å². The van der Waals surface area contributed by atoms with Crippen LogP contribution in [-0.4, -0.2) is 38.3 Å². The molecule has 0 rings (SSSR count). The van der Waals surface area contributed by atoms with Crippen LogP contribution >= 0.6 is 0 Å². The predicted octanol–water partition coefficient (Wildman–Crippen LogP) is 1.06. The molecule has 18 heavy (non-hydrogen) atoms. The van der Waals surface area contributed by atoms with Crippen LogP contribution < -0.4 is 22.1 Å². The van der Waals surface area contributed by atoms with Gasteiger partial charge in [-0.15, -0.1) is 0 Å². The summed E-state index contributed by atoms with van der Waals surface area (Å²) in [6.07, 6.45) is 3.41. The predicted molar refractivity (Wildman–Crippen MR) is 80.7 cm³/mol. The van der Waals surface area contributed by atoms with Crippen molar-refractivity contribution in [3.05, 3.63) is 0 Å². The molecule has 6 N–H and O–H groups in total. The monoisotopic (exact) mass is 258 g/mol. The fraction of sp³-hybridized carbons (Fsp3) is 1.00. The van der Waals surface area contributed by atoms with Crippen molar-refractivity contribution >= 4 is 0 Å². The molecule has 0 aromatic rings. The molecule has 0 bridgehead atoms. The van der Waals surface area contributed by atoms with Gasteiger partial charge in [0.05, 0.1) is 0 Å². The van der Waals surface area contributed by atoms with Crippen molar-refractivity contribution in [2.45, 2.75) is 52.5 Å². The first-order valence-electron chi connectivity index (χ1n) is 7.19. The minimum Gasteiger partial charge on any atom is -0.330 e. The second-order valence-corrected chi connectivity index (χ2v) is 6.60. The van der Waals surface area contributed by atoms with E-state index in [0.29, 0.717) is 0 Å². The standard InChI is InChI=1S/C14H34N4/c1-13(2,11-16)12-17-9-5-7-14(3,4)18-10-6-8-15/h17-18H,5-12,15-16H2,1-4H3. The van der Waals surface area contributed by atoms with E-state index in [1.54, 1.807) is 0 Å². The van der Waals surface area contributed by atoms with Crippen molar-refractivity contribution in [1.82, 2.24) is 10.6 Å². The molecular formula is C14H34N4. The molecule has 0 aliphatic carbocycles. The van der Waals surface area contributed by atoms with E-state index in [1.165, 1.54) is 12.8 Å². The van der Waals surface area contributed by atoms with Crippen LogP contribution in [0, 0.1) is 5.41 Å². The Morgan fingerprint density at radius 1 is 0.944 bits per heavy atom. The van der Waals surface area contributed by atoms with E-state index in [0.717, 1.165) is 39.1 Å². The van der Waals surface area contributed by atoms with E-state index in [2.05, 4.69) is 38.3 Å².